The molecule has 0 radical (unpaired) electrons. The van der Waals surface area contributed by atoms with Crippen molar-refractivity contribution in [1.29, 1.82) is 0 Å². The van der Waals surface area contributed by atoms with Crippen LogP contribution in [-0.2, 0) is 13.6 Å². The lowest BCUT2D eigenvalue weighted by Crippen LogP contribution is -2.31. The molecule has 0 spiro atoms. The Morgan fingerprint density at radius 3 is 2.76 bits per heavy atom. The summed E-state index contributed by atoms with van der Waals surface area (Å²) < 4.78 is 33.2. The maximum Gasteiger partial charge on any atom is 0.162 e. The zero-order chi connectivity index (χ0) is 17.8. The van der Waals surface area contributed by atoms with Gasteiger partial charge >= 0.3 is 0 Å². The summed E-state index contributed by atoms with van der Waals surface area (Å²) in [6, 6.07) is 11.1. The molecule has 0 fully saturated rings. The molecule has 132 valence electrons. The minimum atomic E-state index is -0.980. The van der Waals surface area contributed by atoms with Crippen molar-refractivity contribution in [3.63, 3.8) is 0 Å². The van der Waals surface area contributed by atoms with Gasteiger partial charge in [-0.05, 0) is 24.3 Å². The number of hydrogen-bond donors (Lipinski definition) is 2. The smallest absolute Gasteiger partial charge is 0.162 e. The molecule has 0 amide bonds. The predicted molar refractivity (Wildman–Crippen MR) is 90.3 cm³/mol. The van der Waals surface area contributed by atoms with E-state index in [9.17, 15) is 13.9 Å². The highest BCUT2D eigenvalue weighted by Crippen LogP contribution is 2.16. The van der Waals surface area contributed by atoms with Crippen LogP contribution in [-0.4, -0.2) is 33.9 Å². The number of para-hydroxylation sites is 2. The van der Waals surface area contributed by atoms with Gasteiger partial charge in [0.1, 0.15) is 24.3 Å². The van der Waals surface area contributed by atoms with Crippen molar-refractivity contribution < 1.29 is 18.6 Å². The monoisotopic (exact) mass is 347 g/mol. The lowest BCUT2D eigenvalue weighted by Gasteiger charge is -2.13. The van der Waals surface area contributed by atoms with Gasteiger partial charge in [0, 0.05) is 19.7 Å². The Balaban J connectivity index is 1.48. The van der Waals surface area contributed by atoms with Crippen molar-refractivity contribution in [3.05, 3.63) is 59.9 Å². The second-order valence-corrected chi connectivity index (χ2v) is 5.75. The van der Waals surface area contributed by atoms with E-state index in [1.54, 1.807) is 0 Å². The van der Waals surface area contributed by atoms with Crippen LogP contribution in [0.3, 0.4) is 0 Å². The second kappa shape index (κ2) is 7.58. The molecule has 0 aliphatic heterocycles. The molecule has 0 saturated heterocycles. The van der Waals surface area contributed by atoms with Gasteiger partial charge < -0.3 is 19.7 Å². The number of aryl methyl sites for hydroxylation is 1. The molecule has 1 unspecified atom stereocenters. The number of halogens is 2. The van der Waals surface area contributed by atoms with Gasteiger partial charge in [-0.1, -0.05) is 12.1 Å². The molecule has 0 aliphatic rings. The van der Waals surface area contributed by atoms with Gasteiger partial charge in [0.2, 0.25) is 0 Å². The first kappa shape index (κ1) is 17.3. The molecular weight excluding hydrogens is 328 g/mol. The highest BCUT2D eigenvalue weighted by atomic mass is 19.2. The summed E-state index contributed by atoms with van der Waals surface area (Å²) >= 11 is 0. The second-order valence-electron chi connectivity index (χ2n) is 5.75. The summed E-state index contributed by atoms with van der Waals surface area (Å²) in [6.07, 6.45) is -0.789. The summed E-state index contributed by atoms with van der Waals surface area (Å²) in [4.78, 5) is 4.53. The Bertz CT molecular complexity index is 867. The fraction of sp³-hybridized carbons (Fsp3) is 0.278. The highest BCUT2D eigenvalue weighted by molar-refractivity contribution is 5.75. The number of nitrogens with one attached hydrogen (secondary N) is 1. The lowest BCUT2D eigenvalue weighted by atomic mass is 10.3. The molecular formula is C18H19F2N3O2. The van der Waals surface area contributed by atoms with E-state index in [1.165, 1.54) is 6.07 Å². The molecule has 7 heteroatoms. The summed E-state index contributed by atoms with van der Waals surface area (Å²) in [6.45, 7) is 0.751. The van der Waals surface area contributed by atoms with Gasteiger partial charge in [0.05, 0.1) is 17.6 Å². The predicted octanol–water partition coefficient (Wildman–Crippen LogP) is 2.38. The van der Waals surface area contributed by atoms with Crippen LogP contribution in [0.4, 0.5) is 8.78 Å². The first-order valence-electron chi connectivity index (χ1n) is 7.91. The molecule has 25 heavy (non-hydrogen) atoms. The van der Waals surface area contributed by atoms with Crippen molar-refractivity contribution in [2.75, 3.05) is 13.2 Å². The first-order valence-corrected chi connectivity index (χ1v) is 7.91. The van der Waals surface area contributed by atoms with Gasteiger partial charge in [0.25, 0.3) is 0 Å². The third kappa shape index (κ3) is 4.12. The lowest BCUT2D eigenvalue weighted by molar-refractivity contribution is 0.105. The SMILES string of the molecule is Cn1c(CNCC(O)COc2ccc(F)c(F)c2)nc2ccccc21. The van der Waals surface area contributed by atoms with E-state index in [4.69, 9.17) is 4.74 Å². The van der Waals surface area contributed by atoms with E-state index >= 15 is 0 Å². The van der Waals surface area contributed by atoms with Gasteiger partial charge in [0.15, 0.2) is 11.6 Å². The van der Waals surface area contributed by atoms with Crippen LogP contribution in [0.25, 0.3) is 11.0 Å². The molecule has 0 aliphatic carbocycles. The van der Waals surface area contributed by atoms with Gasteiger partial charge in [-0.25, -0.2) is 13.8 Å². The first-order chi connectivity index (χ1) is 12.0. The van der Waals surface area contributed by atoms with Crippen molar-refractivity contribution >= 4 is 11.0 Å². The average molecular weight is 347 g/mol. The quantitative estimate of drug-likeness (QED) is 0.689. The third-order valence-corrected chi connectivity index (χ3v) is 3.88. The molecule has 3 rings (SSSR count). The van der Waals surface area contributed by atoms with Crippen molar-refractivity contribution in [3.8, 4) is 5.75 Å². The Morgan fingerprint density at radius 2 is 2.00 bits per heavy atom. The normalized spacial score (nSPS) is 12.5. The number of nitrogens with zero attached hydrogens (tertiary/aromatic N) is 2. The molecule has 3 aromatic rings. The zero-order valence-corrected chi connectivity index (χ0v) is 13.7. The third-order valence-electron chi connectivity index (χ3n) is 3.88. The van der Waals surface area contributed by atoms with Crippen molar-refractivity contribution in [1.82, 2.24) is 14.9 Å². The maximum absolute atomic E-state index is 13.1. The van der Waals surface area contributed by atoms with Gasteiger partial charge in [-0.3, -0.25) is 0 Å². The van der Waals surface area contributed by atoms with Crippen LogP contribution in [0.2, 0.25) is 0 Å². The van der Waals surface area contributed by atoms with Crippen LogP contribution in [0, 0.1) is 11.6 Å². The Labute approximate surface area is 143 Å². The molecule has 2 aromatic carbocycles. The number of fused-ring (bicyclic) bond motifs is 1. The summed E-state index contributed by atoms with van der Waals surface area (Å²) in [5.74, 6) is -0.882. The number of aliphatic hydroxyl groups is 1. The Kier molecular flexibility index (Phi) is 5.25. The van der Waals surface area contributed by atoms with Gasteiger partial charge in [-0.15, -0.1) is 0 Å². The number of aliphatic hydroxyl groups excluding tert-OH is 1. The number of benzene rings is 2. The molecule has 0 bridgehead atoms. The van der Waals surface area contributed by atoms with E-state index < -0.39 is 17.7 Å². The summed E-state index contributed by atoms with van der Waals surface area (Å²) in [7, 11) is 1.94. The zero-order valence-electron chi connectivity index (χ0n) is 13.7. The topological polar surface area (TPSA) is 59.3 Å². The Hall–Kier alpha value is -2.51. The molecule has 5 nitrogen and oxygen atoms in total. The molecule has 1 heterocycles. The fourth-order valence-corrected chi connectivity index (χ4v) is 2.52. The molecule has 0 saturated carbocycles. The van der Waals surface area contributed by atoms with Crippen LogP contribution in [0.15, 0.2) is 42.5 Å². The van der Waals surface area contributed by atoms with E-state index in [0.717, 1.165) is 29.0 Å². The minimum Gasteiger partial charge on any atom is -0.491 e. The molecule has 2 N–H and O–H groups in total. The largest absolute Gasteiger partial charge is 0.491 e. The summed E-state index contributed by atoms with van der Waals surface area (Å²) in [5, 5.41) is 13.1. The van der Waals surface area contributed by atoms with Crippen molar-refractivity contribution in [2.45, 2.75) is 12.6 Å². The van der Waals surface area contributed by atoms with Crippen LogP contribution >= 0.6 is 0 Å². The number of rotatable bonds is 7. The number of ether oxygens (including phenoxy) is 1. The van der Waals surface area contributed by atoms with E-state index in [1.807, 2.05) is 35.9 Å². The van der Waals surface area contributed by atoms with Crippen LogP contribution in [0.1, 0.15) is 5.82 Å². The highest BCUT2D eigenvalue weighted by Gasteiger charge is 2.10. The molecule has 1 aromatic heterocycles. The van der Waals surface area contributed by atoms with Crippen LogP contribution < -0.4 is 10.1 Å². The fourth-order valence-electron chi connectivity index (χ4n) is 2.52. The summed E-state index contributed by atoms with van der Waals surface area (Å²) in [5.41, 5.74) is 1.96. The standard InChI is InChI=1S/C18H19F2N3O2/c1-23-17-5-3-2-4-16(17)22-18(23)10-21-9-12(24)11-25-13-6-7-14(19)15(20)8-13/h2-8,12,21,24H,9-11H2,1H3. The van der Waals surface area contributed by atoms with Crippen molar-refractivity contribution in [2.24, 2.45) is 7.05 Å². The maximum atomic E-state index is 13.1. The van der Waals surface area contributed by atoms with E-state index in [-0.39, 0.29) is 18.9 Å². The minimum absolute atomic E-state index is 0.0272. The van der Waals surface area contributed by atoms with Crippen LogP contribution in [0.5, 0.6) is 5.75 Å². The number of imidazole rings is 1. The number of aromatic nitrogens is 2. The number of hydrogen-bond acceptors (Lipinski definition) is 4. The average Bonchev–Trinajstić information content (AvgIpc) is 2.92. The van der Waals surface area contributed by atoms with Gasteiger partial charge in [-0.2, -0.15) is 0 Å². The van der Waals surface area contributed by atoms with E-state index in [0.29, 0.717) is 6.54 Å². The van der Waals surface area contributed by atoms with E-state index in [2.05, 4.69) is 10.3 Å². The Morgan fingerprint density at radius 1 is 1.20 bits per heavy atom. The molecule has 1 atom stereocenters.